The van der Waals surface area contributed by atoms with E-state index in [0.29, 0.717) is 28.1 Å². The van der Waals surface area contributed by atoms with Gasteiger partial charge in [-0.2, -0.15) is 0 Å². The zero-order chi connectivity index (χ0) is 21.5. The predicted octanol–water partition coefficient (Wildman–Crippen LogP) is 5.24. The number of halogens is 1. The van der Waals surface area contributed by atoms with Gasteiger partial charge in [0, 0.05) is 24.1 Å². The van der Waals surface area contributed by atoms with E-state index in [1.807, 2.05) is 30.3 Å². The van der Waals surface area contributed by atoms with Gasteiger partial charge in [0.2, 0.25) is 0 Å². The molecule has 3 rings (SSSR count). The minimum Gasteiger partial charge on any atom is -0.495 e. The number of methoxy groups -OCH3 is 1. The summed E-state index contributed by atoms with van der Waals surface area (Å²) in [6.07, 6.45) is 0.766. The number of non-ortho nitro benzene ring substituents is 1. The monoisotopic (exact) mass is 470 g/mol. The summed E-state index contributed by atoms with van der Waals surface area (Å²) in [6, 6.07) is 19.0. The Morgan fingerprint density at radius 3 is 2.47 bits per heavy atom. The number of carbonyl (C=O) groups is 1. The van der Waals surface area contributed by atoms with Crippen molar-refractivity contribution in [3.63, 3.8) is 0 Å². The second-order valence-corrected chi connectivity index (χ2v) is 7.18. The summed E-state index contributed by atoms with van der Waals surface area (Å²) in [4.78, 5) is 23.1. The van der Waals surface area contributed by atoms with Gasteiger partial charge in [-0.1, -0.05) is 30.3 Å². The number of nitrogens with zero attached hydrogens (tertiary/aromatic N) is 1. The fourth-order valence-corrected chi connectivity index (χ4v) is 3.28. The van der Waals surface area contributed by atoms with E-state index in [1.54, 1.807) is 18.2 Å². The number of amides is 1. The topological polar surface area (TPSA) is 90.7 Å². The Morgan fingerprint density at radius 2 is 1.80 bits per heavy atom. The van der Waals surface area contributed by atoms with Crippen molar-refractivity contribution in [2.45, 2.75) is 6.42 Å². The van der Waals surface area contributed by atoms with E-state index in [2.05, 4.69) is 21.2 Å². The highest BCUT2D eigenvalue weighted by molar-refractivity contribution is 9.10. The van der Waals surface area contributed by atoms with Crippen molar-refractivity contribution >= 4 is 33.2 Å². The van der Waals surface area contributed by atoms with Crippen LogP contribution in [0.3, 0.4) is 0 Å². The molecule has 0 atom stereocenters. The van der Waals surface area contributed by atoms with Crippen LogP contribution in [-0.4, -0.2) is 24.5 Å². The van der Waals surface area contributed by atoms with Crippen LogP contribution >= 0.6 is 15.9 Å². The van der Waals surface area contributed by atoms with E-state index in [0.717, 1.165) is 6.42 Å². The Balaban J connectivity index is 1.68. The molecule has 0 unspecified atom stereocenters. The van der Waals surface area contributed by atoms with Crippen molar-refractivity contribution in [1.82, 2.24) is 0 Å². The van der Waals surface area contributed by atoms with Gasteiger partial charge in [-0.05, 0) is 45.8 Å². The third kappa shape index (κ3) is 5.36. The standard InChI is InChI=1S/C22H19BrN2O5/c1-29-21-10-8-17(25(27)28)14-19(21)24-22(26)16-7-9-20(18(23)13-16)30-12-11-15-5-3-2-4-6-15/h2-10,13-14H,11-12H2,1H3,(H,24,26). The Bertz CT molecular complexity index is 1060. The van der Waals surface area contributed by atoms with Gasteiger partial charge in [-0.3, -0.25) is 14.9 Å². The molecule has 0 saturated heterocycles. The van der Waals surface area contributed by atoms with E-state index in [1.165, 1.54) is 30.9 Å². The molecule has 3 aromatic rings. The van der Waals surface area contributed by atoms with Crippen molar-refractivity contribution < 1.29 is 19.2 Å². The van der Waals surface area contributed by atoms with Crippen LogP contribution in [0, 0.1) is 10.1 Å². The first-order valence-electron chi connectivity index (χ1n) is 9.08. The van der Waals surface area contributed by atoms with Gasteiger partial charge in [-0.25, -0.2) is 0 Å². The van der Waals surface area contributed by atoms with Crippen LogP contribution in [-0.2, 0) is 6.42 Å². The number of nitro groups is 1. The van der Waals surface area contributed by atoms with Gasteiger partial charge in [0.15, 0.2) is 0 Å². The molecule has 0 fully saturated rings. The molecule has 0 aromatic heterocycles. The molecule has 0 aliphatic carbocycles. The average Bonchev–Trinajstić information content (AvgIpc) is 2.75. The molecule has 0 saturated carbocycles. The van der Waals surface area contributed by atoms with Gasteiger partial charge < -0.3 is 14.8 Å². The van der Waals surface area contributed by atoms with E-state index < -0.39 is 10.8 Å². The van der Waals surface area contributed by atoms with E-state index in [4.69, 9.17) is 9.47 Å². The maximum atomic E-state index is 12.6. The quantitative estimate of drug-likeness (QED) is 0.359. The molecule has 7 nitrogen and oxygen atoms in total. The van der Waals surface area contributed by atoms with Crippen molar-refractivity contribution in [2.24, 2.45) is 0 Å². The number of hydrogen-bond donors (Lipinski definition) is 1. The Kier molecular flexibility index (Phi) is 7.03. The first-order chi connectivity index (χ1) is 14.5. The van der Waals surface area contributed by atoms with Crippen LogP contribution < -0.4 is 14.8 Å². The van der Waals surface area contributed by atoms with Crippen molar-refractivity contribution in [3.05, 3.63) is 92.4 Å². The molecular weight excluding hydrogens is 452 g/mol. The lowest BCUT2D eigenvalue weighted by Crippen LogP contribution is -2.13. The summed E-state index contributed by atoms with van der Waals surface area (Å²) in [6.45, 7) is 0.499. The maximum absolute atomic E-state index is 12.6. The summed E-state index contributed by atoms with van der Waals surface area (Å²) in [5.41, 5.74) is 1.62. The van der Waals surface area contributed by atoms with E-state index >= 15 is 0 Å². The number of benzene rings is 3. The van der Waals surface area contributed by atoms with Crippen molar-refractivity contribution in [2.75, 3.05) is 19.0 Å². The number of anilines is 1. The number of nitrogens with one attached hydrogen (secondary N) is 1. The minimum atomic E-state index is -0.534. The highest BCUT2D eigenvalue weighted by Gasteiger charge is 2.16. The second-order valence-electron chi connectivity index (χ2n) is 6.33. The first-order valence-corrected chi connectivity index (χ1v) is 9.87. The number of hydrogen-bond acceptors (Lipinski definition) is 5. The van der Waals surface area contributed by atoms with Gasteiger partial charge in [-0.15, -0.1) is 0 Å². The number of nitro benzene ring substituents is 1. The summed E-state index contributed by atoms with van der Waals surface area (Å²) >= 11 is 3.43. The fraction of sp³-hybridized carbons (Fsp3) is 0.136. The van der Waals surface area contributed by atoms with Crippen molar-refractivity contribution in [3.8, 4) is 11.5 Å². The van der Waals surface area contributed by atoms with Crippen molar-refractivity contribution in [1.29, 1.82) is 0 Å². The summed E-state index contributed by atoms with van der Waals surface area (Å²) < 4.78 is 11.6. The molecule has 3 aromatic carbocycles. The largest absolute Gasteiger partial charge is 0.495 e. The third-order valence-corrected chi connectivity index (χ3v) is 4.95. The molecular formula is C22H19BrN2O5. The molecule has 0 heterocycles. The Hall–Kier alpha value is -3.39. The van der Waals surface area contributed by atoms with E-state index in [9.17, 15) is 14.9 Å². The van der Waals surface area contributed by atoms with E-state index in [-0.39, 0.29) is 11.4 Å². The molecule has 0 aliphatic heterocycles. The smallest absolute Gasteiger partial charge is 0.271 e. The molecule has 154 valence electrons. The normalized spacial score (nSPS) is 10.3. The predicted molar refractivity (Wildman–Crippen MR) is 117 cm³/mol. The fourth-order valence-electron chi connectivity index (χ4n) is 2.78. The molecule has 1 amide bonds. The Morgan fingerprint density at radius 1 is 1.07 bits per heavy atom. The van der Waals surface area contributed by atoms with Crippen LogP contribution in [0.15, 0.2) is 71.2 Å². The van der Waals surface area contributed by atoms with Crippen LogP contribution in [0.5, 0.6) is 11.5 Å². The zero-order valence-electron chi connectivity index (χ0n) is 16.1. The molecule has 0 radical (unpaired) electrons. The van der Waals surface area contributed by atoms with Gasteiger partial charge >= 0.3 is 0 Å². The second kappa shape index (κ2) is 9.89. The summed E-state index contributed by atoms with van der Waals surface area (Å²) in [7, 11) is 1.43. The summed E-state index contributed by atoms with van der Waals surface area (Å²) in [5.74, 6) is 0.523. The number of carbonyl (C=O) groups excluding carboxylic acids is 1. The number of ether oxygens (including phenoxy) is 2. The van der Waals surface area contributed by atoms with Crippen LogP contribution in [0.2, 0.25) is 0 Å². The van der Waals surface area contributed by atoms with Gasteiger partial charge in [0.1, 0.15) is 11.5 Å². The molecule has 8 heteroatoms. The first kappa shape index (κ1) is 21.3. The maximum Gasteiger partial charge on any atom is 0.271 e. The minimum absolute atomic E-state index is 0.144. The zero-order valence-corrected chi connectivity index (χ0v) is 17.7. The number of rotatable bonds is 8. The SMILES string of the molecule is COc1ccc([N+](=O)[O-])cc1NC(=O)c1ccc(OCCc2ccccc2)c(Br)c1. The van der Waals surface area contributed by atoms with Crippen LogP contribution in [0.1, 0.15) is 15.9 Å². The lowest BCUT2D eigenvalue weighted by Gasteiger charge is -2.12. The molecule has 1 N–H and O–H groups in total. The Labute approximate surface area is 181 Å². The van der Waals surface area contributed by atoms with Gasteiger partial charge in [0.05, 0.1) is 28.8 Å². The van der Waals surface area contributed by atoms with Crippen LogP contribution in [0.4, 0.5) is 11.4 Å². The van der Waals surface area contributed by atoms with Crippen LogP contribution in [0.25, 0.3) is 0 Å². The van der Waals surface area contributed by atoms with Gasteiger partial charge in [0.25, 0.3) is 11.6 Å². The lowest BCUT2D eigenvalue weighted by atomic mass is 10.1. The summed E-state index contributed by atoms with van der Waals surface area (Å²) in [5, 5.41) is 13.7. The average molecular weight is 471 g/mol. The third-order valence-electron chi connectivity index (χ3n) is 4.33. The molecule has 0 spiro atoms. The molecule has 0 bridgehead atoms. The highest BCUT2D eigenvalue weighted by atomic mass is 79.9. The highest BCUT2D eigenvalue weighted by Crippen LogP contribution is 2.30. The molecule has 0 aliphatic rings. The lowest BCUT2D eigenvalue weighted by molar-refractivity contribution is -0.384. The molecule has 30 heavy (non-hydrogen) atoms.